The smallest absolute Gasteiger partial charge is 0.210 e. The Hall–Kier alpha value is -2.06. The Morgan fingerprint density at radius 3 is 2.70 bits per heavy atom. The molecular formula is C15H12BrN3O. The fraction of sp³-hybridized carbons (Fsp3) is 0.200. The van der Waals surface area contributed by atoms with E-state index in [9.17, 15) is 10.1 Å². The predicted octanol–water partition coefficient (Wildman–Crippen LogP) is 2.88. The number of ketones is 1. The van der Waals surface area contributed by atoms with Crippen molar-refractivity contribution in [1.82, 2.24) is 4.57 Å². The largest absolute Gasteiger partial charge is 0.399 e. The molecule has 0 aliphatic carbocycles. The van der Waals surface area contributed by atoms with Crippen LogP contribution in [0.3, 0.4) is 0 Å². The molecule has 2 heterocycles. The van der Waals surface area contributed by atoms with Crippen LogP contribution in [0.25, 0.3) is 0 Å². The number of carbonyl (C=O) groups excluding carboxylic acids is 1. The number of hydrogen-bond donors (Lipinski definition) is 1. The maximum absolute atomic E-state index is 12.7. The zero-order valence-corrected chi connectivity index (χ0v) is 12.3. The molecule has 100 valence electrons. The first kappa shape index (κ1) is 12.9. The average molecular weight is 330 g/mol. The average Bonchev–Trinajstić information content (AvgIpc) is 2.98. The number of benzene rings is 1. The molecule has 1 aliphatic heterocycles. The fourth-order valence-electron chi connectivity index (χ4n) is 2.65. The van der Waals surface area contributed by atoms with E-state index < -0.39 is 0 Å². The number of nitriles is 1. The molecule has 0 unspecified atom stereocenters. The third-order valence-corrected chi connectivity index (χ3v) is 4.38. The van der Waals surface area contributed by atoms with Gasteiger partial charge >= 0.3 is 0 Å². The number of nitrogen functional groups attached to an aromatic ring is 1. The lowest BCUT2D eigenvalue weighted by molar-refractivity contribution is 0.103. The minimum absolute atomic E-state index is 0.0819. The summed E-state index contributed by atoms with van der Waals surface area (Å²) in [5.74, 6) is -0.0819. The summed E-state index contributed by atoms with van der Waals surface area (Å²) in [7, 11) is 0. The molecule has 3 rings (SSSR count). The first-order chi connectivity index (χ1) is 9.63. The highest BCUT2D eigenvalue weighted by atomic mass is 79.9. The van der Waals surface area contributed by atoms with Crippen LogP contribution in [0.5, 0.6) is 0 Å². The van der Waals surface area contributed by atoms with Crippen LogP contribution in [0.4, 0.5) is 5.69 Å². The zero-order chi connectivity index (χ0) is 14.3. The molecule has 5 heteroatoms. The summed E-state index contributed by atoms with van der Waals surface area (Å²) in [4.78, 5) is 12.7. The quantitative estimate of drug-likeness (QED) is 0.680. The van der Waals surface area contributed by atoms with Crippen LogP contribution in [0.2, 0.25) is 0 Å². The van der Waals surface area contributed by atoms with Crippen LogP contribution >= 0.6 is 15.9 Å². The van der Waals surface area contributed by atoms with Gasteiger partial charge in [-0.2, -0.15) is 5.26 Å². The van der Waals surface area contributed by atoms with Gasteiger partial charge in [-0.1, -0.05) is 0 Å². The molecule has 1 aliphatic rings. The molecular weight excluding hydrogens is 318 g/mol. The summed E-state index contributed by atoms with van der Waals surface area (Å²) in [6.07, 6.45) is 1.82. The van der Waals surface area contributed by atoms with E-state index in [1.54, 1.807) is 24.3 Å². The van der Waals surface area contributed by atoms with Gasteiger partial charge in [0.2, 0.25) is 5.78 Å². The van der Waals surface area contributed by atoms with Crippen LogP contribution in [0.1, 0.15) is 33.7 Å². The molecule has 0 saturated heterocycles. The van der Waals surface area contributed by atoms with Gasteiger partial charge in [0.1, 0.15) is 11.8 Å². The van der Waals surface area contributed by atoms with Crippen molar-refractivity contribution in [3.63, 3.8) is 0 Å². The van der Waals surface area contributed by atoms with E-state index in [-0.39, 0.29) is 5.78 Å². The highest BCUT2D eigenvalue weighted by molar-refractivity contribution is 9.10. The number of nitrogens with zero attached hydrogens (tertiary/aromatic N) is 2. The molecule has 0 atom stereocenters. The summed E-state index contributed by atoms with van der Waals surface area (Å²) in [6.45, 7) is 0.783. The SMILES string of the molecule is N#Cc1c(Br)c(C(=O)c2ccc(N)cc2)n2c1CCC2. The summed E-state index contributed by atoms with van der Waals surface area (Å²) in [6, 6.07) is 9.04. The monoisotopic (exact) mass is 329 g/mol. The minimum atomic E-state index is -0.0819. The van der Waals surface area contributed by atoms with Crippen molar-refractivity contribution in [1.29, 1.82) is 5.26 Å². The van der Waals surface area contributed by atoms with Crippen LogP contribution in [-0.2, 0) is 13.0 Å². The third kappa shape index (κ3) is 1.84. The molecule has 0 fully saturated rings. The summed E-state index contributed by atoms with van der Waals surface area (Å²) >= 11 is 3.41. The van der Waals surface area contributed by atoms with Crippen molar-refractivity contribution in [3.8, 4) is 6.07 Å². The van der Waals surface area contributed by atoms with Gasteiger partial charge in [-0.05, 0) is 53.0 Å². The molecule has 2 N–H and O–H groups in total. The summed E-state index contributed by atoms with van der Waals surface area (Å²) in [5, 5.41) is 9.26. The number of carbonyl (C=O) groups is 1. The van der Waals surface area contributed by atoms with E-state index in [0.717, 1.165) is 25.1 Å². The van der Waals surface area contributed by atoms with Crippen molar-refractivity contribution in [2.45, 2.75) is 19.4 Å². The number of anilines is 1. The molecule has 0 amide bonds. The van der Waals surface area contributed by atoms with Crippen molar-refractivity contribution in [2.24, 2.45) is 0 Å². The van der Waals surface area contributed by atoms with Gasteiger partial charge in [0.25, 0.3) is 0 Å². The normalized spacial score (nSPS) is 13.0. The van der Waals surface area contributed by atoms with E-state index in [1.165, 1.54) is 0 Å². The number of hydrogen-bond acceptors (Lipinski definition) is 3. The number of nitrogens with two attached hydrogens (primary N) is 1. The Labute approximate surface area is 124 Å². The lowest BCUT2D eigenvalue weighted by Gasteiger charge is -2.06. The lowest BCUT2D eigenvalue weighted by atomic mass is 10.1. The standard InChI is InChI=1S/C15H12BrN3O/c16-13-11(8-17)12-2-1-7-19(12)14(13)15(20)9-3-5-10(18)6-4-9/h3-6H,1-2,7,18H2. The number of fused-ring (bicyclic) bond motifs is 1. The minimum Gasteiger partial charge on any atom is -0.399 e. The molecule has 0 spiro atoms. The Bertz CT molecular complexity index is 738. The Balaban J connectivity index is 2.14. The summed E-state index contributed by atoms with van der Waals surface area (Å²) < 4.78 is 2.57. The van der Waals surface area contributed by atoms with Crippen molar-refractivity contribution in [2.75, 3.05) is 5.73 Å². The van der Waals surface area contributed by atoms with E-state index in [2.05, 4.69) is 22.0 Å². The summed E-state index contributed by atoms with van der Waals surface area (Å²) in [5.41, 5.74) is 8.96. The van der Waals surface area contributed by atoms with Crippen molar-refractivity contribution >= 4 is 27.4 Å². The van der Waals surface area contributed by atoms with Crippen molar-refractivity contribution < 1.29 is 4.79 Å². The first-order valence-electron chi connectivity index (χ1n) is 6.34. The third-order valence-electron chi connectivity index (χ3n) is 3.61. The van der Waals surface area contributed by atoms with Crippen LogP contribution in [0.15, 0.2) is 28.7 Å². The first-order valence-corrected chi connectivity index (χ1v) is 7.14. The number of halogens is 1. The van der Waals surface area contributed by atoms with Gasteiger partial charge in [0, 0.05) is 23.5 Å². The van der Waals surface area contributed by atoms with Gasteiger partial charge in [0.05, 0.1) is 10.0 Å². The predicted molar refractivity (Wildman–Crippen MR) is 79.5 cm³/mol. The maximum atomic E-state index is 12.7. The van der Waals surface area contributed by atoms with E-state index in [1.807, 2.05) is 4.57 Å². The Morgan fingerprint density at radius 1 is 1.35 bits per heavy atom. The van der Waals surface area contributed by atoms with Gasteiger partial charge in [-0.3, -0.25) is 4.79 Å². The van der Waals surface area contributed by atoms with E-state index in [0.29, 0.717) is 27.0 Å². The van der Waals surface area contributed by atoms with Crippen LogP contribution in [0, 0.1) is 11.3 Å². The molecule has 4 nitrogen and oxygen atoms in total. The van der Waals surface area contributed by atoms with Gasteiger partial charge in [-0.15, -0.1) is 0 Å². The van der Waals surface area contributed by atoms with E-state index in [4.69, 9.17) is 5.73 Å². The lowest BCUT2D eigenvalue weighted by Crippen LogP contribution is -2.09. The molecule has 1 aromatic carbocycles. The second-order valence-electron chi connectivity index (χ2n) is 4.80. The highest BCUT2D eigenvalue weighted by Crippen LogP contribution is 2.34. The van der Waals surface area contributed by atoms with Crippen LogP contribution in [-0.4, -0.2) is 10.4 Å². The molecule has 2 aromatic rings. The highest BCUT2D eigenvalue weighted by Gasteiger charge is 2.28. The van der Waals surface area contributed by atoms with Crippen LogP contribution < -0.4 is 5.73 Å². The molecule has 0 radical (unpaired) electrons. The number of rotatable bonds is 2. The van der Waals surface area contributed by atoms with Gasteiger partial charge < -0.3 is 10.3 Å². The van der Waals surface area contributed by atoms with Gasteiger partial charge in [0.15, 0.2) is 0 Å². The topological polar surface area (TPSA) is 71.8 Å². The maximum Gasteiger partial charge on any atom is 0.210 e. The zero-order valence-electron chi connectivity index (χ0n) is 10.7. The number of aromatic nitrogens is 1. The Kier molecular flexibility index (Phi) is 3.11. The van der Waals surface area contributed by atoms with Crippen molar-refractivity contribution in [3.05, 3.63) is 51.3 Å². The second kappa shape index (κ2) is 4.80. The second-order valence-corrected chi connectivity index (χ2v) is 5.60. The molecule has 0 saturated carbocycles. The molecule has 0 bridgehead atoms. The Morgan fingerprint density at radius 2 is 2.05 bits per heavy atom. The fourth-order valence-corrected chi connectivity index (χ4v) is 3.36. The van der Waals surface area contributed by atoms with Gasteiger partial charge in [-0.25, -0.2) is 0 Å². The molecule has 20 heavy (non-hydrogen) atoms. The van der Waals surface area contributed by atoms with E-state index >= 15 is 0 Å². The molecule has 1 aromatic heterocycles.